The van der Waals surface area contributed by atoms with Gasteiger partial charge in [-0.25, -0.2) is 13.1 Å². The van der Waals surface area contributed by atoms with Crippen molar-refractivity contribution in [3.8, 4) is 11.5 Å². The lowest BCUT2D eigenvalue weighted by atomic mass is 10.2. The Morgan fingerprint density at radius 2 is 1.72 bits per heavy atom. The summed E-state index contributed by atoms with van der Waals surface area (Å²) in [6, 6.07) is 11.4. The zero-order chi connectivity index (χ0) is 18.4. The highest BCUT2D eigenvalue weighted by molar-refractivity contribution is 7.89. The van der Waals surface area contributed by atoms with Crippen molar-refractivity contribution < 1.29 is 22.7 Å². The smallest absolute Gasteiger partial charge is 0.244 e. The van der Waals surface area contributed by atoms with Gasteiger partial charge < -0.3 is 14.8 Å². The largest absolute Gasteiger partial charge is 0.497 e. The molecule has 134 valence electrons. The standard InChI is InChI=1S/C17H20N2O5S/c1-12(20)19-14-6-4-13(5-7-14)11-18-25(21,22)17-10-15(23-2)8-9-16(17)24-3/h4-10,18H,11H2,1-3H3,(H,19,20). The fraction of sp³-hybridized carbons (Fsp3) is 0.235. The monoisotopic (exact) mass is 364 g/mol. The molecule has 0 saturated carbocycles. The minimum absolute atomic E-state index is 0.00390. The average molecular weight is 364 g/mol. The Morgan fingerprint density at radius 1 is 1.04 bits per heavy atom. The van der Waals surface area contributed by atoms with Crippen LogP contribution in [0.3, 0.4) is 0 Å². The number of benzene rings is 2. The summed E-state index contributed by atoms with van der Waals surface area (Å²) in [5, 5.41) is 2.65. The van der Waals surface area contributed by atoms with E-state index in [0.717, 1.165) is 5.56 Å². The molecule has 7 nitrogen and oxygen atoms in total. The summed E-state index contributed by atoms with van der Waals surface area (Å²) < 4.78 is 37.8. The van der Waals surface area contributed by atoms with E-state index in [1.54, 1.807) is 30.3 Å². The van der Waals surface area contributed by atoms with Gasteiger partial charge in [0.2, 0.25) is 15.9 Å². The molecule has 1 amide bonds. The number of amides is 1. The molecule has 0 aromatic heterocycles. The second-order valence-electron chi connectivity index (χ2n) is 5.22. The Balaban J connectivity index is 2.15. The minimum Gasteiger partial charge on any atom is -0.497 e. The van der Waals surface area contributed by atoms with Crippen LogP contribution in [0.15, 0.2) is 47.4 Å². The van der Waals surface area contributed by atoms with Crippen molar-refractivity contribution in [1.82, 2.24) is 4.72 Å². The van der Waals surface area contributed by atoms with Gasteiger partial charge in [-0.1, -0.05) is 12.1 Å². The number of nitrogens with one attached hydrogen (secondary N) is 2. The summed E-state index contributed by atoms with van der Waals surface area (Å²) in [6.45, 7) is 1.52. The van der Waals surface area contributed by atoms with E-state index < -0.39 is 10.0 Å². The third-order valence-corrected chi connectivity index (χ3v) is 4.82. The highest BCUT2D eigenvalue weighted by atomic mass is 32.2. The zero-order valence-electron chi connectivity index (χ0n) is 14.2. The highest BCUT2D eigenvalue weighted by Gasteiger charge is 2.20. The van der Waals surface area contributed by atoms with E-state index in [1.165, 1.54) is 33.3 Å². The summed E-state index contributed by atoms with van der Waals surface area (Å²) >= 11 is 0. The first-order chi connectivity index (χ1) is 11.9. The first kappa shape index (κ1) is 18.8. The number of hydrogen-bond donors (Lipinski definition) is 2. The topological polar surface area (TPSA) is 93.7 Å². The molecule has 0 aliphatic heterocycles. The Hall–Kier alpha value is -2.58. The van der Waals surface area contributed by atoms with Crippen LogP contribution in [-0.2, 0) is 21.4 Å². The first-order valence-electron chi connectivity index (χ1n) is 7.44. The maximum atomic E-state index is 12.6. The average Bonchev–Trinajstić information content (AvgIpc) is 2.60. The Bertz CT molecular complexity index is 848. The number of rotatable bonds is 7. The molecule has 0 radical (unpaired) electrons. The van der Waals surface area contributed by atoms with E-state index in [0.29, 0.717) is 11.4 Å². The number of anilines is 1. The fourth-order valence-electron chi connectivity index (χ4n) is 2.16. The van der Waals surface area contributed by atoms with Crippen molar-refractivity contribution >= 4 is 21.6 Å². The quantitative estimate of drug-likeness (QED) is 0.785. The maximum Gasteiger partial charge on any atom is 0.244 e. The summed E-state index contributed by atoms with van der Waals surface area (Å²) in [5.41, 5.74) is 1.40. The molecule has 0 heterocycles. The van der Waals surface area contributed by atoms with Crippen molar-refractivity contribution in [3.63, 3.8) is 0 Å². The van der Waals surface area contributed by atoms with Crippen LogP contribution in [0.4, 0.5) is 5.69 Å². The first-order valence-corrected chi connectivity index (χ1v) is 8.92. The summed E-state index contributed by atoms with van der Waals surface area (Å²) in [4.78, 5) is 11.0. The Kier molecular flexibility index (Phi) is 6.00. The van der Waals surface area contributed by atoms with Crippen LogP contribution in [0.1, 0.15) is 12.5 Å². The third kappa shape index (κ3) is 4.94. The van der Waals surface area contributed by atoms with Gasteiger partial charge in [0.1, 0.15) is 16.4 Å². The van der Waals surface area contributed by atoms with Crippen LogP contribution in [-0.4, -0.2) is 28.5 Å². The lowest BCUT2D eigenvalue weighted by Crippen LogP contribution is -2.23. The SMILES string of the molecule is COc1ccc(OC)c(S(=O)(=O)NCc2ccc(NC(C)=O)cc2)c1. The summed E-state index contributed by atoms with van der Waals surface area (Å²) in [7, 11) is -0.923. The van der Waals surface area contributed by atoms with E-state index in [9.17, 15) is 13.2 Å². The molecule has 0 bridgehead atoms. The minimum atomic E-state index is -3.79. The molecule has 0 saturated heterocycles. The number of sulfonamides is 1. The van der Waals surface area contributed by atoms with Gasteiger partial charge in [-0.05, 0) is 29.8 Å². The van der Waals surface area contributed by atoms with Crippen molar-refractivity contribution in [2.45, 2.75) is 18.4 Å². The second kappa shape index (κ2) is 8.00. The molecule has 2 aromatic rings. The van der Waals surface area contributed by atoms with E-state index in [4.69, 9.17) is 9.47 Å². The van der Waals surface area contributed by atoms with Crippen molar-refractivity contribution in [3.05, 3.63) is 48.0 Å². The maximum absolute atomic E-state index is 12.6. The van der Waals surface area contributed by atoms with Gasteiger partial charge in [0.05, 0.1) is 14.2 Å². The predicted molar refractivity (Wildman–Crippen MR) is 94.3 cm³/mol. The van der Waals surface area contributed by atoms with E-state index in [-0.39, 0.29) is 23.1 Å². The van der Waals surface area contributed by atoms with E-state index >= 15 is 0 Å². The number of ether oxygens (including phenoxy) is 2. The Labute approximate surface area is 147 Å². The predicted octanol–water partition coefficient (Wildman–Crippen LogP) is 2.14. The molecule has 0 aliphatic rings. The highest BCUT2D eigenvalue weighted by Crippen LogP contribution is 2.28. The van der Waals surface area contributed by atoms with Crippen molar-refractivity contribution in [2.24, 2.45) is 0 Å². The van der Waals surface area contributed by atoms with Crippen molar-refractivity contribution in [2.75, 3.05) is 19.5 Å². The third-order valence-electron chi connectivity index (χ3n) is 3.40. The molecule has 2 N–H and O–H groups in total. The van der Waals surface area contributed by atoms with Gasteiger partial charge in [-0.2, -0.15) is 0 Å². The second-order valence-corrected chi connectivity index (χ2v) is 6.95. The molecule has 0 aliphatic carbocycles. The lowest BCUT2D eigenvalue weighted by Gasteiger charge is -2.12. The number of methoxy groups -OCH3 is 2. The van der Waals surface area contributed by atoms with Gasteiger partial charge >= 0.3 is 0 Å². The molecular weight excluding hydrogens is 344 g/mol. The Morgan fingerprint density at radius 3 is 2.28 bits per heavy atom. The van der Waals surface area contributed by atoms with Crippen LogP contribution < -0.4 is 19.5 Å². The van der Waals surface area contributed by atoms with Gasteiger partial charge in [-0.3, -0.25) is 4.79 Å². The molecule has 8 heteroatoms. The fourth-order valence-corrected chi connectivity index (χ4v) is 3.36. The normalized spacial score (nSPS) is 11.0. The zero-order valence-corrected chi connectivity index (χ0v) is 15.0. The summed E-state index contributed by atoms with van der Waals surface area (Å²) in [5.74, 6) is 0.480. The number of carbonyl (C=O) groups excluding carboxylic acids is 1. The van der Waals surface area contributed by atoms with E-state index in [1.807, 2.05) is 0 Å². The molecule has 0 atom stereocenters. The van der Waals surface area contributed by atoms with Gasteiger partial charge in [0, 0.05) is 25.2 Å². The van der Waals surface area contributed by atoms with Gasteiger partial charge in [-0.15, -0.1) is 0 Å². The van der Waals surface area contributed by atoms with Gasteiger partial charge in [0.15, 0.2) is 0 Å². The molecule has 0 unspecified atom stereocenters. The van der Waals surface area contributed by atoms with Crippen LogP contribution in [0.5, 0.6) is 11.5 Å². The van der Waals surface area contributed by atoms with Gasteiger partial charge in [0.25, 0.3) is 0 Å². The molecule has 0 fully saturated rings. The van der Waals surface area contributed by atoms with Crippen LogP contribution in [0.2, 0.25) is 0 Å². The van der Waals surface area contributed by atoms with E-state index in [2.05, 4.69) is 10.0 Å². The molecule has 2 aromatic carbocycles. The molecule has 0 spiro atoms. The molecular formula is C17H20N2O5S. The number of hydrogen-bond acceptors (Lipinski definition) is 5. The lowest BCUT2D eigenvalue weighted by molar-refractivity contribution is -0.114. The molecule has 2 rings (SSSR count). The number of carbonyl (C=O) groups is 1. The van der Waals surface area contributed by atoms with Crippen molar-refractivity contribution in [1.29, 1.82) is 0 Å². The van der Waals surface area contributed by atoms with Crippen LogP contribution in [0, 0.1) is 0 Å². The summed E-state index contributed by atoms with van der Waals surface area (Å²) in [6.07, 6.45) is 0. The van der Waals surface area contributed by atoms with Crippen LogP contribution >= 0.6 is 0 Å². The van der Waals surface area contributed by atoms with Crippen LogP contribution in [0.25, 0.3) is 0 Å². The molecule has 25 heavy (non-hydrogen) atoms.